The molecule has 1 heterocycles. The van der Waals surface area contributed by atoms with Crippen molar-refractivity contribution in [1.29, 1.82) is 0 Å². The first-order chi connectivity index (χ1) is 10.2. The van der Waals surface area contributed by atoms with Crippen molar-refractivity contribution >= 4 is 6.29 Å². The normalized spacial score (nSPS) is 10.6. The van der Waals surface area contributed by atoms with Crippen molar-refractivity contribution in [3.05, 3.63) is 71.5 Å². The molecule has 0 radical (unpaired) electrons. The molecule has 2 aromatic carbocycles. The minimum atomic E-state index is 0.691. The van der Waals surface area contributed by atoms with Crippen LogP contribution >= 0.6 is 0 Å². The van der Waals surface area contributed by atoms with Gasteiger partial charge in [-0.2, -0.15) is 5.10 Å². The highest BCUT2D eigenvalue weighted by Crippen LogP contribution is 2.30. The molecule has 104 valence electrons. The minimum Gasteiger partial charge on any atom is -0.298 e. The Bertz CT molecular complexity index is 788. The van der Waals surface area contributed by atoms with Crippen LogP contribution in [0.1, 0.15) is 21.7 Å². The molecule has 0 bridgehead atoms. The first-order valence-electron chi connectivity index (χ1n) is 6.88. The number of aldehydes is 1. The second-order valence-electron chi connectivity index (χ2n) is 5.00. The highest BCUT2D eigenvalue weighted by Gasteiger charge is 2.16. The molecule has 0 fully saturated rings. The molecule has 0 unspecified atom stereocenters. The number of rotatable bonds is 3. The molecule has 3 rings (SSSR count). The Labute approximate surface area is 123 Å². The van der Waals surface area contributed by atoms with Crippen molar-refractivity contribution < 1.29 is 4.79 Å². The first kappa shape index (κ1) is 13.3. The van der Waals surface area contributed by atoms with Crippen LogP contribution in [-0.4, -0.2) is 16.1 Å². The van der Waals surface area contributed by atoms with E-state index in [0.717, 1.165) is 34.5 Å². The third-order valence-corrected chi connectivity index (χ3v) is 3.65. The Hall–Kier alpha value is -2.68. The molecule has 0 aliphatic heterocycles. The molecule has 0 saturated carbocycles. The summed E-state index contributed by atoms with van der Waals surface area (Å²) in [6.45, 7) is 4.01. The summed E-state index contributed by atoms with van der Waals surface area (Å²) in [5.41, 5.74) is 5.63. The lowest BCUT2D eigenvalue weighted by molar-refractivity contribution is 0.112. The fourth-order valence-electron chi connectivity index (χ4n) is 2.68. The van der Waals surface area contributed by atoms with Gasteiger partial charge in [0.1, 0.15) is 0 Å². The predicted octanol–water partition coefficient (Wildman–Crippen LogP) is 3.97. The van der Waals surface area contributed by atoms with E-state index in [0.29, 0.717) is 5.56 Å². The molecule has 0 aliphatic rings. The number of carbonyl (C=O) groups excluding carboxylic acids is 1. The lowest BCUT2D eigenvalue weighted by Crippen LogP contribution is -1.98. The van der Waals surface area contributed by atoms with Gasteiger partial charge in [-0.15, -0.1) is 0 Å². The molecule has 0 aliphatic carbocycles. The molecule has 3 heteroatoms. The zero-order valence-electron chi connectivity index (χ0n) is 12.1. The number of aryl methyl sites for hydroxylation is 1. The number of benzene rings is 2. The fraction of sp³-hybridized carbons (Fsp3) is 0.111. The van der Waals surface area contributed by atoms with Crippen molar-refractivity contribution in [3.63, 3.8) is 0 Å². The molecule has 0 atom stereocenters. The zero-order chi connectivity index (χ0) is 14.8. The van der Waals surface area contributed by atoms with E-state index in [1.54, 1.807) is 0 Å². The van der Waals surface area contributed by atoms with E-state index in [1.165, 1.54) is 0 Å². The Balaban J connectivity index is 2.22. The number of aromatic nitrogens is 2. The Morgan fingerprint density at radius 1 is 0.952 bits per heavy atom. The van der Waals surface area contributed by atoms with Crippen LogP contribution in [0.5, 0.6) is 0 Å². The highest BCUT2D eigenvalue weighted by molar-refractivity contribution is 5.88. The molecule has 3 aromatic rings. The van der Waals surface area contributed by atoms with Gasteiger partial charge in [0.15, 0.2) is 6.29 Å². The van der Waals surface area contributed by atoms with Gasteiger partial charge in [-0.3, -0.25) is 4.79 Å². The van der Waals surface area contributed by atoms with Crippen LogP contribution in [0.2, 0.25) is 0 Å². The van der Waals surface area contributed by atoms with E-state index in [4.69, 9.17) is 0 Å². The van der Waals surface area contributed by atoms with E-state index in [9.17, 15) is 4.79 Å². The van der Waals surface area contributed by atoms with Crippen LogP contribution < -0.4 is 0 Å². The maximum absolute atomic E-state index is 11.3. The summed E-state index contributed by atoms with van der Waals surface area (Å²) in [6, 6.07) is 17.6. The van der Waals surface area contributed by atoms with Gasteiger partial charge >= 0.3 is 0 Å². The van der Waals surface area contributed by atoms with Gasteiger partial charge in [0.2, 0.25) is 0 Å². The maximum atomic E-state index is 11.3. The molecule has 21 heavy (non-hydrogen) atoms. The average Bonchev–Trinajstić information content (AvgIpc) is 2.83. The molecule has 0 N–H and O–H groups in total. The van der Waals surface area contributed by atoms with Gasteiger partial charge in [0, 0.05) is 16.8 Å². The number of hydrogen-bond donors (Lipinski definition) is 0. The molecule has 3 nitrogen and oxygen atoms in total. The topological polar surface area (TPSA) is 34.9 Å². The molecule has 1 aromatic heterocycles. The number of carbonyl (C=O) groups is 1. The smallest absolute Gasteiger partial charge is 0.150 e. The van der Waals surface area contributed by atoms with E-state index < -0.39 is 0 Å². The monoisotopic (exact) mass is 276 g/mol. The summed E-state index contributed by atoms with van der Waals surface area (Å²) in [5, 5.41) is 4.63. The SMILES string of the molecule is Cc1nn(-c2ccccc2)c(C)c1-c1ccccc1C=O. The predicted molar refractivity (Wildman–Crippen MR) is 83.9 cm³/mol. The van der Waals surface area contributed by atoms with Crippen LogP contribution in [0, 0.1) is 13.8 Å². The minimum absolute atomic E-state index is 0.691. The van der Waals surface area contributed by atoms with Gasteiger partial charge in [0.25, 0.3) is 0 Å². The average molecular weight is 276 g/mol. The Morgan fingerprint density at radius 2 is 1.62 bits per heavy atom. The van der Waals surface area contributed by atoms with Crippen molar-refractivity contribution in [1.82, 2.24) is 9.78 Å². The van der Waals surface area contributed by atoms with Crippen molar-refractivity contribution in [2.24, 2.45) is 0 Å². The van der Waals surface area contributed by atoms with Crippen LogP contribution in [0.3, 0.4) is 0 Å². The second kappa shape index (κ2) is 5.37. The molecule has 0 amide bonds. The van der Waals surface area contributed by atoms with E-state index >= 15 is 0 Å². The van der Waals surface area contributed by atoms with Crippen molar-refractivity contribution in [2.45, 2.75) is 13.8 Å². The van der Waals surface area contributed by atoms with Crippen molar-refractivity contribution in [2.75, 3.05) is 0 Å². The molecule has 0 spiro atoms. The zero-order valence-corrected chi connectivity index (χ0v) is 12.1. The van der Waals surface area contributed by atoms with Gasteiger partial charge in [-0.05, 0) is 31.5 Å². The third-order valence-electron chi connectivity index (χ3n) is 3.65. The summed E-state index contributed by atoms with van der Waals surface area (Å²) in [7, 11) is 0. The molecule has 0 saturated heterocycles. The van der Waals surface area contributed by atoms with Gasteiger partial charge in [0.05, 0.1) is 11.4 Å². The summed E-state index contributed by atoms with van der Waals surface area (Å²) < 4.78 is 1.92. The first-order valence-corrected chi connectivity index (χ1v) is 6.88. The standard InChI is InChI=1S/C18H16N2O/c1-13-18(17-11-7-6-8-15(17)12-21)14(2)20(19-13)16-9-4-3-5-10-16/h3-12H,1-2H3. The van der Waals surface area contributed by atoms with E-state index in [1.807, 2.05) is 73.1 Å². The summed E-state index contributed by atoms with van der Waals surface area (Å²) in [6.07, 6.45) is 0.897. The largest absolute Gasteiger partial charge is 0.298 e. The van der Waals surface area contributed by atoms with Crippen LogP contribution in [0.4, 0.5) is 0 Å². The summed E-state index contributed by atoms with van der Waals surface area (Å²) in [5.74, 6) is 0. The van der Waals surface area contributed by atoms with Crippen LogP contribution in [-0.2, 0) is 0 Å². The maximum Gasteiger partial charge on any atom is 0.150 e. The third kappa shape index (κ3) is 2.27. The lowest BCUT2D eigenvalue weighted by atomic mass is 9.99. The van der Waals surface area contributed by atoms with Crippen LogP contribution in [0.25, 0.3) is 16.8 Å². The van der Waals surface area contributed by atoms with E-state index in [-0.39, 0.29) is 0 Å². The highest BCUT2D eigenvalue weighted by atomic mass is 16.1. The number of hydrogen-bond acceptors (Lipinski definition) is 2. The number of nitrogens with zero attached hydrogens (tertiary/aromatic N) is 2. The van der Waals surface area contributed by atoms with E-state index in [2.05, 4.69) is 5.10 Å². The van der Waals surface area contributed by atoms with Gasteiger partial charge in [-0.1, -0.05) is 42.5 Å². The quantitative estimate of drug-likeness (QED) is 0.678. The van der Waals surface area contributed by atoms with Crippen molar-refractivity contribution in [3.8, 4) is 16.8 Å². The second-order valence-corrected chi connectivity index (χ2v) is 5.00. The summed E-state index contributed by atoms with van der Waals surface area (Å²) >= 11 is 0. The Kier molecular flexibility index (Phi) is 3.40. The summed E-state index contributed by atoms with van der Waals surface area (Å²) in [4.78, 5) is 11.3. The Morgan fingerprint density at radius 3 is 2.33 bits per heavy atom. The van der Waals surface area contributed by atoms with Gasteiger partial charge in [-0.25, -0.2) is 4.68 Å². The van der Waals surface area contributed by atoms with Gasteiger partial charge < -0.3 is 0 Å². The lowest BCUT2D eigenvalue weighted by Gasteiger charge is -2.07. The molecular formula is C18H16N2O. The molecular weight excluding hydrogens is 260 g/mol. The fourth-order valence-corrected chi connectivity index (χ4v) is 2.68. The van der Waals surface area contributed by atoms with Crippen LogP contribution in [0.15, 0.2) is 54.6 Å². The number of para-hydroxylation sites is 1.